The van der Waals surface area contributed by atoms with Crippen LogP contribution in [-0.4, -0.2) is 13.1 Å². The summed E-state index contributed by atoms with van der Waals surface area (Å²) in [5, 5.41) is -0.652. The first-order chi connectivity index (χ1) is 8.48. The van der Waals surface area contributed by atoms with Crippen molar-refractivity contribution in [3.05, 3.63) is 33.8 Å². The maximum Gasteiger partial charge on any atom is 0.417 e. The molecule has 106 valence electrons. The number of hydrogen-bond donors (Lipinski definition) is 0. The van der Waals surface area contributed by atoms with Gasteiger partial charge in [0, 0.05) is 5.02 Å². The first kappa shape index (κ1) is 15.6. The van der Waals surface area contributed by atoms with E-state index in [-0.39, 0.29) is 6.07 Å². The van der Waals surface area contributed by atoms with E-state index in [0.29, 0.717) is 6.07 Å². The van der Waals surface area contributed by atoms with Crippen molar-refractivity contribution in [2.45, 2.75) is 12.4 Å². The fourth-order valence-electron chi connectivity index (χ4n) is 1.41. The molecule has 19 heavy (non-hydrogen) atoms. The van der Waals surface area contributed by atoms with E-state index in [4.69, 9.17) is 11.6 Å². The Balaban J connectivity index is 3.74. The monoisotopic (exact) mass is 306 g/mol. The van der Waals surface area contributed by atoms with Crippen molar-refractivity contribution in [3.63, 3.8) is 0 Å². The molecule has 0 aromatic heterocycles. The van der Waals surface area contributed by atoms with E-state index in [2.05, 4.69) is 4.74 Å². The Morgan fingerprint density at radius 2 is 1.63 bits per heavy atom. The summed E-state index contributed by atoms with van der Waals surface area (Å²) in [5.41, 5.74) is -5.43. The number of benzene rings is 1. The van der Waals surface area contributed by atoms with Crippen LogP contribution in [-0.2, 0) is 17.1 Å². The second-order valence-electron chi connectivity index (χ2n) is 3.36. The van der Waals surface area contributed by atoms with Crippen molar-refractivity contribution < 1.29 is 35.9 Å². The van der Waals surface area contributed by atoms with Gasteiger partial charge in [-0.05, 0) is 12.1 Å². The first-order valence-electron chi connectivity index (χ1n) is 4.54. The van der Waals surface area contributed by atoms with Gasteiger partial charge < -0.3 is 4.74 Å². The zero-order chi connectivity index (χ0) is 15.0. The molecule has 0 aliphatic carbocycles. The molecule has 0 heterocycles. The van der Waals surface area contributed by atoms with Crippen LogP contribution in [0.15, 0.2) is 12.1 Å². The highest BCUT2D eigenvalue weighted by Crippen LogP contribution is 2.43. The second-order valence-corrected chi connectivity index (χ2v) is 3.80. The van der Waals surface area contributed by atoms with Crippen LogP contribution < -0.4 is 0 Å². The summed E-state index contributed by atoms with van der Waals surface area (Å²) in [7, 11) is 0.747. The number of hydrogen-bond acceptors (Lipinski definition) is 2. The molecule has 0 aliphatic rings. The van der Waals surface area contributed by atoms with Gasteiger partial charge in [0.2, 0.25) is 0 Å². The molecule has 0 aliphatic heterocycles. The zero-order valence-corrected chi connectivity index (χ0v) is 9.87. The lowest BCUT2D eigenvalue weighted by molar-refractivity contribution is -0.162. The van der Waals surface area contributed by atoms with Gasteiger partial charge in [-0.3, -0.25) is 0 Å². The van der Waals surface area contributed by atoms with Crippen molar-refractivity contribution in [3.8, 4) is 0 Å². The Kier molecular flexibility index (Phi) is 4.04. The van der Waals surface area contributed by atoms with E-state index < -0.39 is 40.0 Å². The lowest BCUT2D eigenvalue weighted by Gasteiger charge is -2.18. The van der Waals surface area contributed by atoms with Crippen LogP contribution in [0.4, 0.5) is 26.3 Å². The Morgan fingerprint density at radius 1 is 1.11 bits per heavy atom. The van der Waals surface area contributed by atoms with Crippen molar-refractivity contribution in [2.75, 3.05) is 7.11 Å². The summed E-state index contributed by atoms with van der Waals surface area (Å²) in [6.45, 7) is 0. The molecule has 0 amide bonds. The van der Waals surface area contributed by atoms with E-state index in [1.807, 2.05) is 0 Å². The Bertz CT molecular complexity index is 506. The Hall–Kier alpha value is -1.44. The third-order valence-electron chi connectivity index (χ3n) is 2.10. The van der Waals surface area contributed by atoms with Gasteiger partial charge in [0.15, 0.2) is 0 Å². The summed E-state index contributed by atoms with van der Waals surface area (Å²) >= 11 is 5.30. The van der Waals surface area contributed by atoms with Gasteiger partial charge in [-0.15, -0.1) is 0 Å². The van der Waals surface area contributed by atoms with Crippen LogP contribution in [0.5, 0.6) is 0 Å². The Morgan fingerprint density at radius 3 is 2.00 bits per heavy atom. The molecule has 0 bridgehead atoms. The van der Waals surface area contributed by atoms with Crippen molar-refractivity contribution in [1.82, 2.24) is 0 Å². The number of esters is 1. The minimum absolute atomic E-state index is 0.108. The molecule has 1 rings (SSSR count). The third kappa shape index (κ3) is 3.31. The minimum atomic E-state index is -5.38. The molecule has 0 spiro atoms. The maximum absolute atomic E-state index is 12.7. The predicted octanol–water partition coefficient (Wildman–Crippen LogP) is 4.16. The number of methoxy groups -OCH3 is 1. The molecule has 1 aromatic rings. The fourth-order valence-corrected chi connectivity index (χ4v) is 1.62. The SMILES string of the molecule is COC(=O)c1cc(Cl)cc(C(F)(F)F)c1C(F)(F)F. The number of alkyl halides is 6. The largest absolute Gasteiger partial charge is 0.465 e. The quantitative estimate of drug-likeness (QED) is 0.575. The standard InChI is InChI=1S/C10H5ClF6O2/c1-19-8(18)5-2-4(11)3-6(9(12,13)14)7(5)10(15,16)17/h2-3H,1H3. The van der Waals surface area contributed by atoms with Gasteiger partial charge in [0.25, 0.3) is 0 Å². The predicted molar refractivity (Wildman–Crippen MR) is 52.8 cm³/mol. The molecular weight excluding hydrogens is 302 g/mol. The molecule has 1 aromatic carbocycles. The fraction of sp³-hybridized carbons (Fsp3) is 0.300. The molecule has 0 fully saturated rings. The summed E-state index contributed by atoms with van der Waals surface area (Å²) in [4.78, 5) is 11.2. The van der Waals surface area contributed by atoms with E-state index in [0.717, 1.165) is 7.11 Å². The maximum atomic E-state index is 12.7. The summed E-state index contributed by atoms with van der Waals surface area (Å²) in [5.74, 6) is -1.56. The molecular formula is C10H5ClF6O2. The van der Waals surface area contributed by atoms with E-state index >= 15 is 0 Å². The van der Waals surface area contributed by atoms with Gasteiger partial charge in [-0.2, -0.15) is 26.3 Å². The zero-order valence-electron chi connectivity index (χ0n) is 9.12. The summed E-state index contributed by atoms with van der Waals surface area (Å²) in [6.07, 6.45) is -10.7. The highest BCUT2D eigenvalue weighted by molar-refractivity contribution is 6.31. The third-order valence-corrected chi connectivity index (χ3v) is 2.32. The molecule has 0 saturated carbocycles. The van der Waals surface area contributed by atoms with Crippen LogP contribution in [0.3, 0.4) is 0 Å². The second kappa shape index (κ2) is 4.92. The molecule has 0 atom stereocenters. The number of rotatable bonds is 1. The number of carbonyl (C=O) groups excluding carboxylic acids is 1. The highest BCUT2D eigenvalue weighted by atomic mass is 35.5. The van der Waals surface area contributed by atoms with Crippen molar-refractivity contribution in [1.29, 1.82) is 0 Å². The normalized spacial score (nSPS) is 12.4. The highest BCUT2D eigenvalue weighted by Gasteiger charge is 2.46. The lowest BCUT2D eigenvalue weighted by atomic mass is 10.00. The lowest BCUT2D eigenvalue weighted by Crippen LogP contribution is -2.21. The van der Waals surface area contributed by atoms with Gasteiger partial charge in [0.05, 0.1) is 23.8 Å². The van der Waals surface area contributed by atoms with Crippen LogP contribution >= 0.6 is 11.6 Å². The average Bonchev–Trinajstić information content (AvgIpc) is 2.23. The average molecular weight is 307 g/mol. The number of halogens is 7. The van der Waals surface area contributed by atoms with Crippen molar-refractivity contribution >= 4 is 17.6 Å². The van der Waals surface area contributed by atoms with Crippen LogP contribution in [0.1, 0.15) is 21.5 Å². The molecule has 9 heteroatoms. The molecule has 0 radical (unpaired) electrons. The van der Waals surface area contributed by atoms with Crippen LogP contribution in [0.25, 0.3) is 0 Å². The molecule has 0 saturated heterocycles. The summed E-state index contributed by atoms with van der Waals surface area (Å²) < 4.78 is 80.0. The first-order valence-corrected chi connectivity index (χ1v) is 4.92. The topological polar surface area (TPSA) is 26.3 Å². The smallest absolute Gasteiger partial charge is 0.417 e. The Labute approximate surface area is 107 Å². The molecule has 0 N–H and O–H groups in total. The van der Waals surface area contributed by atoms with Crippen molar-refractivity contribution in [2.24, 2.45) is 0 Å². The minimum Gasteiger partial charge on any atom is -0.465 e. The van der Waals surface area contributed by atoms with Gasteiger partial charge >= 0.3 is 18.3 Å². The van der Waals surface area contributed by atoms with E-state index in [1.54, 1.807) is 0 Å². The van der Waals surface area contributed by atoms with Gasteiger partial charge in [-0.1, -0.05) is 11.6 Å². The van der Waals surface area contributed by atoms with Crippen LogP contribution in [0.2, 0.25) is 5.02 Å². The summed E-state index contributed by atoms with van der Waals surface area (Å²) in [6, 6.07) is 0.586. The van der Waals surface area contributed by atoms with Crippen LogP contribution in [0, 0.1) is 0 Å². The number of carbonyl (C=O) groups is 1. The van der Waals surface area contributed by atoms with Gasteiger partial charge in [-0.25, -0.2) is 4.79 Å². The molecule has 2 nitrogen and oxygen atoms in total. The van der Waals surface area contributed by atoms with E-state index in [1.165, 1.54) is 0 Å². The van der Waals surface area contributed by atoms with E-state index in [9.17, 15) is 31.1 Å². The van der Waals surface area contributed by atoms with Gasteiger partial charge in [0.1, 0.15) is 0 Å². The number of ether oxygens (including phenoxy) is 1. The molecule has 0 unspecified atom stereocenters.